The molecule has 9 heteroatoms. The zero-order valence-corrected chi connectivity index (χ0v) is 20.0. The quantitative estimate of drug-likeness (QED) is 0.545. The van der Waals surface area contributed by atoms with E-state index in [2.05, 4.69) is 4.99 Å². The fourth-order valence-electron chi connectivity index (χ4n) is 3.84. The Balaban J connectivity index is 1.92. The van der Waals surface area contributed by atoms with Gasteiger partial charge in [-0.3, -0.25) is 9.36 Å². The van der Waals surface area contributed by atoms with Gasteiger partial charge in [0.2, 0.25) is 0 Å². The van der Waals surface area contributed by atoms with Crippen LogP contribution in [0.25, 0.3) is 6.08 Å². The Morgan fingerprint density at radius 2 is 1.91 bits per heavy atom. The lowest BCUT2D eigenvalue weighted by molar-refractivity contribution is -0.139. The van der Waals surface area contributed by atoms with Gasteiger partial charge in [0, 0.05) is 0 Å². The number of nitrogens with zero attached hydrogens (tertiary/aromatic N) is 2. The number of phenols is 1. The number of aromatic nitrogens is 1. The molecule has 1 aromatic heterocycles. The van der Waals surface area contributed by atoms with Crippen LogP contribution in [0, 0.1) is 0 Å². The van der Waals surface area contributed by atoms with Gasteiger partial charge in [0.15, 0.2) is 16.3 Å². The third-order valence-electron chi connectivity index (χ3n) is 5.45. The number of methoxy groups -OCH3 is 2. The van der Waals surface area contributed by atoms with E-state index in [1.165, 1.54) is 29.1 Å². The van der Waals surface area contributed by atoms with Crippen molar-refractivity contribution in [2.75, 3.05) is 20.8 Å². The van der Waals surface area contributed by atoms with Crippen LogP contribution in [0.2, 0.25) is 0 Å². The van der Waals surface area contributed by atoms with Gasteiger partial charge in [0.25, 0.3) is 5.56 Å². The molecule has 3 aromatic rings. The van der Waals surface area contributed by atoms with Crippen molar-refractivity contribution in [2.24, 2.45) is 4.99 Å². The molecule has 0 saturated heterocycles. The standard InChI is InChI=1S/C25H24N2O6S/c1-5-33-24(30)21-14(2)26-25-27(22(21)16-7-9-17(31-3)10-8-16)23(29)20(34-25)13-15-6-11-19(32-4)18(28)12-15/h6-13,22,28H,5H2,1-4H3/b20-13-/t22-/m0/s1. The van der Waals surface area contributed by atoms with Crippen molar-refractivity contribution in [1.82, 2.24) is 4.57 Å². The molecule has 1 aliphatic heterocycles. The molecule has 1 atom stereocenters. The summed E-state index contributed by atoms with van der Waals surface area (Å²) < 4.78 is 17.6. The fourth-order valence-corrected chi connectivity index (χ4v) is 4.89. The van der Waals surface area contributed by atoms with Gasteiger partial charge in [0.1, 0.15) is 5.75 Å². The third-order valence-corrected chi connectivity index (χ3v) is 6.43. The monoisotopic (exact) mass is 480 g/mol. The molecule has 8 nitrogen and oxygen atoms in total. The van der Waals surface area contributed by atoms with E-state index in [1.54, 1.807) is 51.3 Å². The molecule has 0 saturated carbocycles. The summed E-state index contributed by atoms with van der Waals surface area (Å²) >= 11 is 1.21. The molecule has 2 aromatic carbocycles. The van der Waals surface area contributed by atoms with Crippen molar-refractivity contribution in [3.8, 4) is 17.2 Å². The van der Waals surface area contributed by atoms with E-state index >= 15 is 0 Å². The first-order chi connectivity index (χ1) is 16.4. The topological polar surface area (TPSA) is 99.4 Å². The lowest BCUT2D eigenvalue weighted by Gasteiger charge is -2.24. The van der Waals surface area contributed by atoms with Gasteiger partial charge in [-0.2, -0.15) is 0 Å². The summed E-state index contributed by atoms with van der Waals surface area (Å²) in [5, 5.41) is 10.1. The largest absolute Gasteiger partial charge is 0.504 e. The molecular formula is C25H24N2O6S. The number of benzene rings is 2. The number of hydrogen-bond acceptors (Lipinski definition) is 8. The molecule has 0 amide bonds. The number of esters is 1. The minimum absolute atomic E-state index is 0.0272. The van der Waals surface area contributed by atoms with Crippen molar-refractivity contribution in [3.05, 3.63) is 84.5 Å². The molecule has 0 radical (unpaired) electrons. The first-order valence-electron chi connectivity index (χ1n) is 10.6. The molecule has 1 N–H and O–H groups in total. The van der Waals surface area contributed by atoms with Gasteiger partial charge in [-0.05, 0) is 55.3 Å². The number of aromatic hydroxyl groups is 1. The summed E-state index contributed by atoms with van der Waals surface area (Å²) in [6, 6.07) is 11.4. The second kappa shape index (κ2) is 9.56. The number of carbonyl (C=O) groups excluding carboxylic acids is 1. The molecular weight excluding hydrogens is 456 g/mol. The molecule has 0 fully saturated rings. The van der Waals surface area contributed by atoms with E-state index in [0.29, 0.717) is 37.7 Å². The van der Waals surface area contributed by atoms with Crippen LogP contribution in [0.15, 0.2) is 63.5 Å². The Bertz CT molecular complexity index is 1450. The maximum absolute atomic E-state index is 13.6. The first kappa shape index (κ1) is 23.3. The van der Waals surface area contributed by atoms with Crippen molar-refractivity contribution >= 4 is 23.4 Å². The van der Waals surface area contributed by atoms with Gasteiger partial charge in [-0.1, -0.05) is 29.5 Å². The van der Waals surface area contributed by atoms with E-state index in [-0.39, 0.29) is 17.9 Å². The van der Waals surface area contributed by atoms with Gasteiger partial charge < -0.3 is 19.3 Å². The number of rotatable bonds is 6. The van der Waals surface area contributed by atoms with E-state index in [1.807, 2.05) is 12.1 Å². The van der Waals surface area contributed by atoms with Gasteiger partial charge in [-0.15, -0.1) is 0 Å². The van der Waals surface area contributed by atoms with Crippen LogP contribution >= 0.6 is 11.3 Å². The number of ether oxygens (including phenoxy) is 3. The second-order valence-corrected chi connectivity index (χ2v) is 8.52. The lowest BCUT2D eigenvalue weighted by Crippen LogP contribution is -2.39. The van der Waals surface area contributed by atoms with Crippen LogP contribution in [0.5, 0.6) is 17.2 Å². The first-order valence-corrected chi connectivity index (χ1v) is 11.4. The van der Waals surface area contributed by atoms with Crippen LogP contribution in [-0.2, 0) is 9.53 Å². The van der Waals surface area contributed by atoms with Crippen LogP contribution in [-0.4, -0.2) is 36.5 Å². The highest BCUT2D eigenvalue weighted by Gasteiger charge is 2.33. The molecule has 0 unspecified atom stereocenters. The molecule has 0 aliphatic carbocycles. The minimum Gasteiger partial charge on any atom is -0.504 e. The Labute approximate surface area is 199 Å². The number of fused-ring (bicyclic) bond motifs is 1. The summed E-state index contributed by atoms with van der Waals surface area (Å²) in [6.45, 7) is 3.67. The summed E-state index contributed by atoms with van der Waals surface area (Å²) in [5.74, 6) is 0.459. The normalized spacial score (nSPS) is 15.5. The van der Waals surface area contributed by atoms with Crippen molar-refractivity contribution in [3.63, 3.8) is 0 Å². The molecule has 0 bridgehead atoms. The van der Waals surface area contributed by atoms with Crippen LogP contribution in [0.4, 0.5) is 0 Å². The Morgan fingerprint density at radius 3 is 2.53 bits per heavy atom. The highest BCUT2D eigenvalue weighted by Crippen LogP contribution is 2.31. The predicted octanol–water partition coefficient (Wildman–Crippen LogP) is 2.52. The van der Waals surface area contributed by atoms with Gasteiger partial charge >= 0.3 is 5.97 Å². The van der Waals surface area contributed by atoms with E-state index in [0.717, 1.165) is 5.56 Å². The maximum atomic E-state index is 13.6. The van der Waals surface area contributed by atoms with Crippen LogP contribution in [0.3, 0.4) is 0 Å². The molecule has 0 spiro atoms. The number of carbonyl (C=O) groups is 1. The van der Waals surface area contributed by atoms with Crippen molar-refractivity contribution < 1.29 is 24.1 Å². The number of hydrogen-bond donors (Lipinski definition) is 1. The van der Waals surface area contributed by atoms with E-state index in [9.17, 15) is 14.7 Å². The average molecular weight is 481 g/mol. The average Bonchev–Trinajstić information content (AvgIpc) is 3.12. The fraction of sp³-hybridized carbons (Fsp3) is 0.240. The second-order valence-electron chi connectivity index (χ2n) is 7.51. The molecule has 176 valence electrons. The number of allylic oxidation sites excluding steroid dienone is 1. The molecule has 1 aliphatic rings. The summed E-state index contributed by atoms with van der Waals surface area (Å²) in [7, 11) is 3.04. The van der Waals surface area contributed by atoms with E-state index < -0.39 is 12.0 Å². The third kappa shape index (κ3) is 4.22. The van der Waals surface area contributed by atoms with Crippen LogP contribution < -0.4 is 24.4 Å². The smallest absolute Gasteiger partial charge is 0.338 e. The number of phenolic OH excluding ortho intramolecular Hbond substituents is 1. The Kier molecular flexibility index (Phi) is 6.56. The predicted molar refractivity (Wildman–Crippen MR) is 128 cm³/mol. The molecule has 34 heavy (non-hydrogen) atoms. The highest BCUT2D eigenvalue weighted by atomic mass is 32.1. The highest BCUT2D eigenvalue weighted by molar-refractivity contribution is 7.07. The zero-order chi connectivity index (χ0) is 24.4. The Morgan fingerprint density at radius 1 is 1.18 bits per heavy atom. The summed E-state index contributed by atoms with van der Waals surface area (Å²) in [4.78, 5) is 31.5. The van der Waals surface area contributed by atoms with Crippen LogP contribution in [0.1, 0.15) is 31.0 Å². The minimum atomic E-state index is -0.701. The lowest BCUT2D eigenvalue weighted by atomic mass is 9.96. The molecule has 2 heterocycles. The zero-order valence-electron chi connectivity index (χ0n) is 19.2. The maximum Gasteiger partial charge on any atom is 0.338 e. The SMILES string of the molecule is CCOC(=O)C1=C(C)N=c2s/c(=C\c3ccc(OC)c(O)c3)c(=O)n2[C@H]1c1ccc(OC)cc1. The Hall–Kier alpha value is -3.85. The van der Waals surface area contributed by atoms with Crippen molar-refractivity contribution in [1.29, 1.82) is 0 Å². The van der Waals surface area contributed by atoms with Gasteiger partial charge in [0.05, 0.1) is 42.7 Å². The summed E-state index contributed by atoms with van der Waals surface area (Å²) in [5.41, 5.74) is 1.87. The van der Waals surface area contributed by atoms with Gasteiger partial charge in [-0.25, -0.2) is 9.79 Å². The van der Waals surface area contributed by atoms with E-state index in [4.69, 9.17) is 14.2 Å². The number of thiazole rings is 1. The molecule has 4 rings (SSSR count). The van der Waals surface area contributed by atoms with Crippen molar-refractivity contribution in [2.45, 2.75) is 19.9 Å². The summed E-state index contributed by atoms with van der Waals surface area (Å²) in [6.07, 6.45) is 1.68.